The van der Waals surface area contributed by atoms with E-state index in [-0.39, 0.29) is 42.7 Å². The minimum Gasteiger partial charge on any atom is -0.477 e. The highest BCUT2D eigenvalue weighted by molar-refractivity contribution is 5.72. The number of rotatable bonds is 34. The van der Waals surface area contributed by atoms with Crippen molar-refractivity contribution in [3.8, 4) is 0 Å². The molecule has 0 aromatic heterocycles. The lowest BCUT2D eigenvalue weighted by Crippen LogP contribution is -2.50. The summed E-state index contributed by atoms with van der Waals surface area (Å²) in [5, 5.41) is 9.57. The molecular weight excluding hydrogens is 606 g/mol. The van der Waals surface area contributed by atoms with Gasteiger partial charge in [0, 0.05) is 19.3 Å². The summed E-state index contributed by atoms with van der Waals surface area (Å²) in [6.45, 7) is 4.64. The van der Waals surface area contributed by atoms with Crippen LogP contribution in [0.3, 0.4) is 0 Å². The average Bonchev–Trinajstić information content (AvgIpc) is 3.03. The predicted octanol–water partition coefficient (Wildman–Crippen LogP) is 9.74. The number of carbonyl (C=O) groups excluding carboxylic acids is 2. The molecule has 0 aliphatic carbocycles. The third-order valence-corrected chi connectivity index (χ3v) is 8.57. The van der Waals surface area contributed by atoms with Crippen LogP contribution in [0.25, 0.3) is 0 Å². The number of unbranched alkanes of at least 4 members (excludes halogenated alkanes) is 16. The quantitative estimate of drug-likeness (QED) is 0.0313. The van der Waals surface area contributed by atoms with E-state index in [1.807, 2.05) is 21.1 Å². The fourth-order valence-corrected chi connectivity index (χ4v) is 5.50. The Morgan fingerprint density at radius 1 is 0.604 bits per heavy atom. The second kappa shape index (κ2) is 32.0. The van der Waals surface area contributed by atoms with E-state index in [1.165, 1.54) is 89.9 Å². The van der Waals surface area contributed by atoms with Gasteiger partial charge in [0.15, 0.2) is 12.1 Å². The molecule has 0 amide bonds. The van der Waals surface area contributed by atoms with Crippen LogP contribution in [0.2, 0.25) is 0 Å². The van der Waals surface area contributed by atoms with Gasteiger partial charge in [-0.2, -0.15) is 0 Å². The highest BCUT2D eigenvalue weighted by Crippen LogP contribution is 2.13. The second-order valence-corrected chi connectivity index (χ2v) is 14.2. The molecule has 2 unspecified atom stereocenters. The molecule has 2 atom stereocenters. The molecule has 0 aromatic carbocycles. The molecule has 0 radical (unpaired) electrons. The van der Waals surface area contributed by atoms with E-state index >= 15 is 0 Å². The Morgan fingerprint density at radius 3 is 1.56 bits per heavy atom. The van der Waals surface area contributed by atoms with Crippen molar-refractivity contribution in [3.63, 3.8) is 0 Å². The smallest absolute Gasteiger partial charge is 0.362 e. The molecule has 0 heterocycles. The molecule has 0 rings (SSSR count). The van der Waals surface area contributed by atoms with E-state index in [4.69, 9.17) is 14.2 Å². The lowest BCUT2D eigenvalue weighted by Gasteiger charge is -2.31. The molecule has 0 saturated carbocycles. The van der Waals surface area contributed by atoms with Gasteiger partial charge >= 0.3 is 17.9 Å². The summed E-state index contributed by atoms with van der Waals surface area (Å²) in [6, 6.07) is -0.615. The highest BCUT2D eigenvalue weighted by atomic mass is 16.6. The molecule has 48 heavy (non-hydrogen) atoms. The van der Waals surface area contributed by atoms with Gasteiger partial charge in [0.1, 0.15) is 6.61 Å². The minimum absolute atomic E-state index is 0.0505. The zero-order chi connectivity index (χ0) is 35.7. The van der Waals surface area contributed by atoms with Crippen molar-refractivity contribution < 1.29 is 38.2 Å². The van der Waals surface area contributed by atoms with Crippen molar-refractivity contribution in [2.24, 2.45) is 0 Å². The molecule has 0 aliphatic rings. The molecule has 8 heteroatoms. The van der Waals surface area contributed by atoms with Crippen molar-refractivity contribution in [1.82, 2.24) is 0 Å². The summed E-state index contributed by atoms with van der Waals surface area (Å²) in [6.07, 6.45) is 32.3. The zero-order valence-electron chi connectivity index (χ0n) is 31.7. The number of allylic oxidation sites excluding steroid dienone is 4. The molecule has 0 saturated heterocycles. The fourth-order valence-electron chi connectivity index (χ4n) is 5.50. The van der Waals surface area contributed by atoms with Crippen LogP contribution in [0, 0.1) is 0 Å². The maximum atomic E-state index is 12.6. The van der Waals surface area contributed by atoms with Crippen LogP contribution >= 0.6 is 0 Å². The largest absolute Gasteiger partial charge is 0.477 e. The van der Waals surface area contributed by atoms with E-state index in [1.54, 1.807) is 0 Å². The van der Waals surface area contributed by atoms with Gasteiger partial charge in [0.2, 0.25) is 0 Å². The van der Waals surface area contributed by atoms with Gasteiger partial charge in [-0.05, 0) is 57.8 Å². The van der Waals surface area contributed by atoms with Gasteiger partial charge in [-0.15, -0.1) is 0 Å². The molecule has 0 aliphatic heterocycles. The summed E-state index contributed by atoms with van der Waals surface area (Å²) in [5.41, 5.74) is 0. The first-order valence-electron chi connectivity index (χ1n) is 19.4. The molecule has 0 fully saturated rings. The number of nitrogens with zero attached hydrogens (tertiary/aromatic N) is 1. The van der Waals surface area contributed by atoms with E-state index < -0.39 is 18.1 Å². The van der Waals surface area contributed by atoms with Gasteiger partial charge < -0.3 is 23.8 Å². The van der Waals surface area contributed by atoms with Crippen molar-refractivity contribution >= 4 is 17.9 Å². The van der Waals surface area contributed by atoms with Gasteiger partial charge in [-0.25, -0.2) is 4.79 Å². The minimum atomic E-state index is -0.880. The van der Waals surface area contributed by atoms with E-state index in [0.717, 1.165) is 32.1 Å². The molecule has 280 valence electrons. The Kier molecular flexibility index (Phi) is 30.6. The molecule has 8 nitrogen and oxygen atoms in total. The molecule has 0 spiro atoms. The first-order valence-corrected chi connectivity index (χ1v) is 19.4. The number of ether oxygens (including phenoxy) is 3. The van der Waals surface area contributed by atoms with E-state index in [0.29, 0.717) is 19.3 Å². The molecule has 0 bridgehead atoms. The Balaban J connectivity index is 4.39. The second-order valence-electron chi connectivity index (χ2n) is 14.2. The van der Waals surface area contributed by atoms with Gasteiger partial charge in [0.25, 0.3) is 0 Å². The van der Waals surface area contributed by atoms with Crippen molar-refractivity contribution in [2.75, 3.05) is 41.0 Å². The van der Waals surface area contributed by atoms with Crippen LogP contribution in [0.4, 0.5) is 0 Å². The summed E-state index contributed by atoms with van der Waals surface area (Å²) in [7, 11) is 5.50. The van der Waals surface area contributed by atoms with Crippen molar-refractivity contribution in [1.29, 1.82) is 0 Å². The third kappa shape index (κ3) is 29.9. The van der Waals surface area contributed by atoms with Crippen LogP contribution in [-0.2, 0) is 28.6 Å². The summed E-state index contributed by atoms with van der Waals surface area (Å²) < 4.78 is 17.1. The molecule has 1 N–H and O–H groups in total. The van der Waals surface area contributed by atoms with Gasteiger partial charge in [-0.1, -0.05) is 109 Å². The zero-order valence-corrected chi connectivity index (χ0v) is 31.7. The number of esters is 2. The number of hydrogen-bond acceptors (Lipinski definition) is 6. The molecular formula is C40H74NO7+. The van der Waals surface area contributed by atoms with Crippen LogP contribution in [0.5, 0.6) is 0 Å². The van der Waals surface area contributed by atoms with Gasteiger partial charge in [-0.3, -0.25) is 9.59 Å². The first kappa shape index (κ1) is 45.8. The lowest BCUT2D eigenvalue weighted by atomic mass is 10.1. The number of carbonyl (C=O) groups is 3. The van der Waals surface area contributed by atoms with Crippen molar-refractivity contribution in [3.05, 3.63) is 24.3 Å². The number of aliphatic carboxylic acids is 1. The van der Waals surface area contributed by atoms with Crippen molar-refractivity contribution in [2.45, 2.75) is 174 Å². The summed E-state index contributed by atoms with van der Waals surface area (Å²) >= 11 is 0. The maximum Gasteiger partial charge on any atom is 0.362 e. The number of likely N-dealkylation sites (N-methyl/N-ethyl adjacent to an activating group) is 1. The normalized spacial score (nSPS) is 13.3. The summed E-state index contributed by atoms with van der Waals surface area (Å²) in [5.74, 6) is -1.52. The van der Waals surface area contributed by atoms with Gasteiger partial charge in [0.05, 0.1) is 34.4 Å². The molecule has 0 aromatic rings. The Morgan fingerprint density at radius 2 is 1.06 bits per heavy atom. The average molecular weight is 681 g/mol. The number of carboxylic acid groups (broad SMARTS) is 1. The number of quaternary nitrogens is 1. The Bertz CT molecular complexity index is 849. The monoisotopic (exact) mass is 681 g/mol. The standard InChI is InChI=1S/C40H73NO7/c1-6-8-10-12-14-16-17-18-19-20-21-23-24-26-28-30-38(42)47-35-36(34-46-33-32-37(40(44)45)41(3,4)5)48-39(43)31-29-27-25-22-15-13-11-9-7-2/h16-17,22,25,36-37H,6-15,18-21,23-24,26-35H2,1-5H3/p+1/b17-16+,25-22+. The Labute approximate surface area is 294 Å². The third-order valence-electron chi connectivity index (χ3n) is 8.57. The SMILES string of the molecule is CCCCCC/C=C/CCCCCCCCCC(=O)OCC(COCCC(C(=O)O)[N+](C)(C)C)OC(=O)CCC/C=C/CCCCCC. The van der Waals surface area contributed by atoms with Crippen LogP contribution in [0.1, 0.15) is 162 Å². The van der Waals surface area contributed by atoms with E-state index in [2.05, 4.69) is 38.2 Å². The predicted molar refractivity (Wildman–Crippen MR) is 197 cm³/mol. The maximum absolute atomic E-state index is 12.6. The fraction of sp³-hybridized carbons (Fsp3) is 0.825. The topological polar surface area (TPSA) is 99.1 Å². The number of hydrogen-bond donors (Lipinski definition) is 1. The van der Waals surface area contributed by atoms with Crippen LogP contribution < -0.4 is 0 Å². The van der Waals surface area contributed by atoms with Crippen LogP contribution in [-0.4, -0.2) is 80.6 Å². The number of carboxylic acids is 1. The summed E-state index contributed by atoms with van der Waals surface area (Å²) in [4.78, 5) is 36.7. The lowest BCUT2D eigenvalue weighted by molar-refractivity contribution is -0.887. The first-order chi connectivity index (χ1) is 23.1. The van der Waals surface area contributed by atoms with Crippen LogP contribution in [0.15, 0.2) is 24.3 Å². The highest BCUT2D eigenvalue weighted by Gasteiger charge is 2.31. The van der Waals surface area contributed by atoms with E-state index in [9.17, 15) is 19.5 Å². The Hall–Kier alpha value is -2.19.